The number of hydrogen-bond acceptors (Lipinski definition) is 2. The van der Waals surface area contributed by atoms with E-state index in [9.17, 15) is 4.79 Å². The molecule has 2 rings (SSSR count). The molecule has 0 bridgehead atoms. The molecule has 1 heterocycles. The summed E-state index contributed by atoms with van der Waals surface area (Å²) >= 11 is 0. The zero-order chi connectivity index (χ0) is 17.8. The molecule has 1 aromatic rings. The zero-order valence-electron chi connectivity index (χ0n) is 16.0. The van der Waals surface area contributed by atoms with Gasteiger partial charge in [0.15, 0.2) is 0 Å². The maximum absolute atomic E-state index is 12.3. The molecule has 2 atom stereocenters. The highest BCUT2D eigenvalue weighted by Crippen LogP contribution is 2.33. The molecule has 3 heteroatoms. The van der Waals surface area contributed by atoms with E-state index in [0.717, 1.165) is 38.8 Å². The van der Waals surface area contributed by atoms with Gasteiger partial charge >= 0.3 is 0 Å². The molecule has 0 spiro atoms. The molecular weight excluding hydrogens is 298 g/mol. The monoisotopic (exact) mass is 331 g/mol. The lowest BCUT2D eigenvalue weighted by molar-refractivity contribution is -0.138. The van der Waals surface area contributed by atoms with Gasteiger partial charge in [-0.15, -0.1) is 0 Å². The molecule has 1 fully saturated rings. The molecule has 1 aliphatic heterocycles. The minimum absolute atomic E-state index is 0.107. The van der Waals surface area contributed by atoms with Crippen molar-refractivity contribution in [3.05, 3.63) is 35.9 Å². The second kappa shape index (κ2) is 7.69. The third-order valence-electron chi connectivity index (χ3n) is 5.67. The number of nitrogens with zero attached hydrogens (tertiary/aromatic N) is 1. The van der Waals surface area contributed by atoms with Crippen LogP contribution in [0.15, 0.2) is 30.3 Å². The van der Waals surface area contributed by atoms with Gasteiger partial charge < -0.3 is 9.64 Å². The summed E-state index contributed by atoms with van der Waals surface area (Å²) in [6.45, 7) is 12.1. The lowest BCUT2D eigenvalue weighted by Gasteiger charge is -2.42. The molecular formula is C21H33NO2. The van der Waals surface area contributed by atoms with Crippen LogP contribution in [-0.2, 0) is 14.9 Å². The number of ether oxygens (including phenoxy) is 1. The van der Waals surface area contributed by atoms with Crippen molar-refractivity contribution >= 4 is 5.91 Å². The van der Waals surface area contributed by atoms with Gasteiger partial charge in [-0.05, 0) is 50.5 Å². The van der Waals surface area contributed by atoms with Crippen LogP contribution >= 0.6 is 0 Å². The van der Waals surface area contributed by atoms with Crippen molar-refractivity contribution in [2.24, 2.45) is 0 Å². The third kappa shape index (κ3) is 4.60. The maximum atomic E-state index is 12.3. The number of benzene rings is 1. The smallest absolute Gasteiger partial charge is 0.219 e. The van der Waals surface area contributed by atoms with E-state index < -0.39 is 0 Å². The van der Waals surface area contributed by atoms with Crippen LogP contribution in [0.5, 0.6) is 0 Å². The highest BCUT2D eigenvalue weighted by Gasteiger charge is 2.34. The molecule has 1 amide bonds. The summed E-state index contributed by atoms with van der Waals surface area (Å²) in [5, 5.41) is 0. The van der Waals surface area contributed by atoms with Crippen molar-refractivity contribution < 1.29 is 9.53 Å². The molecule has 0 aliphatic carbocycles. The van der Waals surface area contributed by atoms with E-state index in [1.54, 1.807) is 6.92 Å². The summed E-state index contributed by atoms with van der Waals surface area (Å²) < 4.78 is 5.82. The van der Waals surface area contributed by atoms with Crippen molar-refractivity contribution in [1.29, 1.82) is 0 Å². The fourth-order valence-electron chi connectivity index (χ4n) is 3.80. The topological polar surface area (TPSA) is 29.5 Å². The number of carbonyl (C=O) groups excluding carboxylic acids is 1. The maximum Gasteiger partial charge on any atom is 0.219 e. The van der Waals surface area contributed by atoms with E-state index in [0.29, 0.717) is 6.04 Å². The first-order valence-electron chi connectivity index (χ1n) is 9.24. The Labute approximate surface area is 147 Å². The standard InChI is InChI=1S/C21H33NO2/c1-6-21(5,18-10-8-7-9-11-18)13-14-22(17(2)23)19-12-15-24-20(3,4)16-19/h7-11,19H,6,12-16H2,1-5H3/t19-,21+/m1/s1. The SMILES string of the molecule is CC[C@@](C)(CCN(C(C)=O)[C@@H]1CCOC(C)(C)C1)c1ccccc1. The van der Waals surface area contributed by atoms with Crippen LogP contribution < -0.4 is 0 Å². The lowest BCUT2D eigenvalue weighted by atomic mass is 9.77. The van der Waals surface area contributed by atoms with Crippen molar-refractivity contribution in [2.75, 3.05) is 13.2 Å². The van der Waals surface area contributed by atoms with Crippen LogP contribution in [0.3, 0.4) is 0 Å². The average molecular weight is 332 g/mol. The fraction of sp³-hybridized carbons (Fsp3) is 0.667. The van der Waals surface area contributed by atoms with E-state index in [2.05, 4.69) is 62.9 Å². The molecule has 0 saturated carbocycles. The van der Waals surface area contributed by atoms with Gasteiger partial charge in [-0.2, -0.15) is 0 Å². The van der Waals surface area contributed by atoms with E-state index in [1.807, 2.05) is 0 Å². The molecule has 1 saturated heterocycles. The Morgan fingerprint density at radius 2 is 2.00 bits per heavy atom. The van der Waals surface area contributed by atoms with Crippen LogP contribution in [0.2, 0.25) is 0 Å². The van der Waals surface area contributed by atoms with Gasteiger partial charge in [0.05, 0.1) is 5.60 Å². The number of amides is 1. The van der Waals surface area contributed by atoms with E-state index >= 15 is 0 Å². The van der Waals surface area contributed by atoms with E-state index in [1.165, 1.54) is 5.56 Å². The third-order valence-corrected chi connectivity index (χ3v) is 5.67. The number of rotatable bonds is 6. The van der Waals surface area contributed by atoms with Gasteiger partial charge in [0.1, 0.15) is 0 Å². The first kappa shape index (κ1) is 19.0. The summed E-state index contributed by atoms with van der Waals surface area (Å²) in [4.78, 5) is 14.4. The van der Waals surface area contributed by atoms with Crippen LogP contribution in [-0.4, -0.2) is 35.6 Å². The van der Waals surface area contributed by atoms with Gasteiger partial charge in [0, 0.05) is 26.1 Å². The predicted octanol–water partition coefficient (Wildman–Crippen LogP) is 4.55. The Morgan fingerprint density at radius 1 is 1.33 bits per heavy atom. The van der Waals surface area contributed by atoms with Gasteiger partial charge in [0.25, 0.3) is 0 Å². The molecule has 3 nitrogen and oxygen atoms in total. The van der Waals surface area contributed by atoms with Crippen molar-refractivity contribution in [1.82, 2.24) is 4.90 Å². The lowest BCUT2D eigenvalue weighted by Crippen LogP contribution is -2.49. The second-order valence-corrected chi connectivity index (χ2v) is 8.00. The molecule has 0 aromatic heterocycles. The predicted molar refractivity (Wildman–Crippen MR) is 99.1 cm³/mol. The summed E-state index contributed by atoms with van der Waals surface area (Å²) in [7, 11) is 0. The molecule has 1 aliphatic rings. The zero-order valence-corrected chi connectivity index (χ0v) is 16.0. The Balaban J connectivity index is 2.09. The summed E-state index contributed by atoms with van der Waals surface area (Å²) in [5.74, 6) is 0.184. The normalized spacial score (nSPS) is 22.6. The number of hydrogen-bond donors (Lipinski definition) is 0. The quantitative estimate of drug-likeness (QED) is 0.765. The van der Waals surface area contributed by atoms with Crippen LogP contribution in [0.4, 0.5) is 0 Å². The summed E-state index contributed by atoms with van der Waals surface area (Å²) in [6, 6.07) is 11.0. The van der Waals surface area contributed by atoms with Gasteiger partial charge in [-0.3, -0.25) is 4.79 Å². The molecule has 24 heavy (non-hydrogen) atoms. The van der Waals surface area contributed by atoms with Crippen LogP contribution in [0.1, 0.15) is 65.9 Å². The summed E-state index contributed by atoms with van der Waals surface area (Å²) in [6.07, 6.45) is 3.92. The first-order chi connectivity index (χ1) is 11.3. The fourth-order valence-corrected chi connectivity index (χ4v) is 3.80. The van der Waals surface area contributed by atoms with Crippen LogP contribution in [0, 0.1) is 0 Å². The second-order valence-electron chi connectivity index (χ2n) is 8.00. The molecule has 0 N–H and O–H groups in total. The van der Waals surface area contributed by atoms with Crippen molar-refractivity contribution in [2.45, 2.75) is 77.4 Å². The number of carbonyl (C=O) groups is 1. The van der Waals surface area contributed by atoms with Gasteiger partial charge in [-0.25, -0.2) is 0 Å². The summed E-state index contributed by atoms with van der Waals surface area (Å²) in [5.41, 5.74) is 1.34. The minimum atomic E-state index is -0.135. The molecule has 0 unspecified atom stereocenters. The Morgan fingerprint density at radius 3 is 2.54 bits per heavy atom. The largest absolute Gasteiger partial charge is 0.375 e. The Bertz CT molecular complexity index is 540. The minimum Gasteiger partial charge on any atom is -0.375 e. The van der Waals surface area contributed by atoms with E-state index in [4.69, 9.17) is 4.74 Å². The molecule has 134 valence electrons. The Kier molecular flexibility index (Phi) is 6.08. The highest BCUT2D eigenvalue weighted by atomic mass is 16.5. The van der Waals surface area contributed by atoms with Crippen molar-refractivity contribution in [3.63, 3.8) is 0 Å². The van der Waals surface area contributed by atoms with Crippen LogP contribution in [0.25, 0.3) is 0 Å². The van der Waals surface area contributed by atoms with Crippen molar-refractivity contribution in [3.8, 4) is 0 Å². The average Bonchev–Trinajstić information content (AvgIpc) is 2.54. The molecule has 1 aromatic carbocycles. The van der Waals surface area contributed by atoms with Gasteiger partial charge in [-0.1, -0.05) is 44.2 Å². The first-order valence-corrected chi connectivity index (χ1v) is 9.24. The van der Waals surface area contributed by atoms with Gasteiger partial charge in [0.2, 0.25) is 5.91 Å². The highest BCUT2D eigenvalue weighted by molar-refractivity contribution is 5.73. The molecule has 0 radical (unpaired) electrons. The Hall–Kier alpha value is -1.35. The van der Waals surface area contributed by atoms with E-state index in [-0.39, 0.29) is 16.9 Å².